The number of nitrogens with one attached hydrogen (secondary N) is 1. The van der Waals surface area contributed by atoms with E-state index in [4.69, 9.17) is 10.5 Å². The van der Waals surface area contributed by atoms with Crippen LogP contribution in [-0.4, -0.2) is 41.6 Å². The Kier molecular flexibility index (Phi) is 40.8. The van der Waals surface area contributed by atoms with Crippen LogP contribution in [-0.2, 0) is 19.1 Å². The number of aliphatic carboxylic acids is 1. The van der Waals surface area contributed by atoms with E-state index < -0.39 is 12.0 Å². The molecule has 0 saturated carbocycles. The van der Waals surface area contributed by atoms with Gasteiger partial charge in [0, 0.05) is 12.8 Å². The van der Waals surface area contributed by atoms with Crippen LogP contribution in [0.3, 0.4) is 0 Å². The number of allylic oxidation sites excluding steroid dienone is 2. The van der Waals surface area contributed by atoms with Crippen molar-refractivity contribution in [3.8, 4) is 0 Å². The number of unbranched alkanes of at least 4 members (excludes halogenated alkanes) is 27. The Balaban J connectivity index is 4.31. The summed E-state index contributed by atoms with van der Waals surface area (Å²) in [5.41, 5.74) is 5.49. The molecular weight excluding hydrogens is 673 g/mol. The molecule has 0 aromatic rings. The van der Waals surface area contributed by atoms with Gasteiger partial charge in [-0.25, -0.2) is 4.79 Å². The third-order valence-corrected chi connectivity index (χ3v) is 10.8. The van der Waals surface area contributed by atoms with Crippen LogP contribution in [0, 0.1) is 0 Å². The van der Waals surface area contributed by atoms with Crippen LogP contribution in [0.1, 0.15) is 251 Å². The zero-order valence-electron chi connectivity index (χ0n) is 35.8. The zero-order valence-corrected chi connectivity index (χ0v) is 35.8. The number of esters is 1. The van der Waals surface area contributed by atoms with E-state index in [1.54, 1.807) is 0 Å². The van der Waals surface area contributed by atoms with Gasteiger partial charge in [-0.15, -0.1) is 0 Å². The fourth-order valence-corrected chi connectivity index (χ4v) is 7.27. The van der Waals surface area contributed by atoms with Crippen LogP contribution in [0.15, 0.2) is 12.2 Å². The van der Waals surface area contributed by atoms with Crippen molar-refractivity contribution in [2.75, 3.05) is 6.54 Å². The van der Waals surface area contributed by atoms with Gasteiger partial charge in [0.25, 0.3) is 0 Å². The van der Waals surface area contributed by atoms with Gasteiger partial charge in [-0.3, -0.25) is 9.59 Å². The lowest BCUT2D eigenvalue weighted by Crippen LogP contribution is -2.40. The van der Waals surface area contributed by atoms with Crippen LogP contribution in [0.5, 0.6) is 0 Å². The summed E-state index contributed by atoms with van der Waals surface area (Å²) in [5, 5.41) is 12.0. The second-order valence-electron chi connectivity index (χ2n) is 16.2. The highest BCUT2D eigenvalue weighted by atomic mass is 16.5. The molecular formula is C47H90N2O5. The van der Waals surface area contributed by atoms with Crippen molar-refractivity contribution in [1.82, 2.24) is 5.32 Å². The SMILES string of the molecule is CCCCCCC/C=C\CCCCCCCC(=O)OC(CCCCCCCCCCCCCCCC)CCCCCCCC(=O)NC(CCCN)C(=O)O. The summed E-state index contributed by atoms with van der Waals surface area (Å²) in [6.45, 7) is 4.96. The standard InChI is InChI=1S/C47H90N2O5/c1-3-5-7-9-11-13-15-17-19-21-23-25-28-32-37-43(38-33-29-27-30-34-40-45(50)49-44(47(52)53)39-36-42-48)54-46(51)41-35-31-26-24-22-20-18-16-14-12-10-8-6-4-2/h16,18,43-44H,3-15,17,19-42,48H2,1-2H3,(H,49,50)(H,52,53)/b18-16-. The third-order valence-electron chi connectivity index (χ3n) is 10.8. The van der Waals surface area contributed by atoms with E-state index >= 15 is 0 Å². The molecule has 2 atom stereocenters. The van der Waals surface area contributed by atoms with Crippen molar-refractivity contribution < 1.29 is 24.2 Å². The van der Waals surface area contributed by atoms with Gasteiger partial charge >= 0.3 is 11.9 Å². The van der Waals surface area contributed by atoms with Gasteiger partial charge in [-0.05, 0) is 83.6 Å². The van der Waals surface area contributed by atoms with Crippen LogP contribution in [0.4, 0.5) is 0 Å². The normalized spacial score (nSPS) is 12.6. The van der Waals surface area contributed by atoms with Crippen molar-refractivity contribution in [3.05, 3.63) is 12.2 Å². The fourth-order valence-electron chi connectivity index (χ4n) is 7.27. The number of hydrogen-bond acceptors (Lipinski definition) is 5. The molecule has 7 heteroatoms. The molecule has 0 aromatic heterocycles. The van der Waals surface area contributed by atoms with Crippen LogP contribution in [0.25, 0.3) is 0 Å². The molecule has 0 aliphatic carbocycles. The number of hydrogen-bond donors (Lipinski definition) is 3. The lowest BCUT2D eigenvalue weighted by molar-refractivity contribution is -0.150. The summed E-state index contributed by atoms with van der Waals surface area (Å²) < 4.78 is 6.06. The number of carboxylic acid groups (broad SMARTS) is 1. The maximum Gasteiger partial charge on any atom is 0.326 e. The van der Waals surface area contributed by atoms with Gasteiger partial charge in [0.1, 0.15) is 12.1 Å². The zero-order chi connectivity index (χ0) is 39.6. The Morgan fingerprint density at radius 2 is 0.907 bits per heavy atom. The molecule has 4 N–H and O–H groups in total. The molecule has 1 amide bonds. The molecule has 0 aromatic carbocycles. The van der Waals surface area contributed by atoms with E-state index in [1.165, 1.54) is 148 Å². The van der Waals surface area contributed by atoms with Gasteiger partial charge in [0.05, 0.1) is 0 Å². The molecule has 0 aliphatic rings. The predicted octanol–water partition coefficient (Wildman–Crippen LogP) is 13.5. The predicted molar refractivity (Wildman–Crippen MR) is 230 cm³/mol. The van der Waals surface area contributed by atoms with Gasteiger partial charge < -0.3 is 20.9 Å². The number of rotatable bonds is 43. The van der Waals surface area contributed by atoms with Crippen molar-refractivity contribution >= 4 is 17.8 Å². The molecule has 0 heterocycles. The summed E-state index contributed by atoms with van der Waals surface area (Å²) >= 11 is 0. The molecule has 0 radical (unpaired) electrons. The monoisotopic (exact) mass is 763 g/mol. The Hall–Kier alpha value is -1.89. The summed E-state index contributed by atoms with van der Waals surface area (Å²) in [5.74, 6) is -1.22. The Morgan fingerprint density at radius 1 is 0.519 bits per heavy atom. The first-order chi connectivity index (χ1) is 26.4. The molecule has 7 nitrogen and oxygen atoms in total. The second kappa shape index (κ2) is 42.3. The van der Waals surface area contributed by atoms with Crippen LogP contribution in [0.2, 0.25) is 0 Å². The van der Waals surface area contributed by atoms with Crippen molar-refractivity contribution in [3.63, 3.8) is 0 Å². The average Bonchev–Trinajstić information content (AvgIpc) is 3.16. The molecule has 0 rings (SSSR count). The highest BCUT2D eigenvalue weighted by Gasteiger charge is 2.19. The first-order valence-corrected chi connectivity index (χ1v) is 23.5. The summed E-state index contributed by atoms with van der Waals surface area (Å²) in [6.07, 6.45) is 46.8. The number of carbonyl (C=O) groups is 3. The first-order valence-electron chi connectivity index (χ1n) is 23.5. The molecule has 2 unspecified atom stereocenters. The molecule has 0 fully saturated rings. The number of carbonyl (C=O) groups excluding carboxylic acids is 2. The van der Waals surface area contributed by atoms with Crippen LogP contribution < -0.4 is 11.1 Å². The molecule has 0 saturated heterocycles. The minimum absolute atomic E-state index is 0.0144. The van der Waals surface area contributed by atoms with E-state index in [-0.39, 0.29) is 18.0 Å². The lowest BCUT2D eigenvalue weighted by Gasteiger charge is -2.18. The molecule has 0 aliphatic heterocycles. The third kappa shape index (κ3) is 38.4. The van der Waals surface area contributed by atoms with E-state index in [0.29, 0.717) is 32.2 Å². The van der Waals surface area contributed by atoms with Crippen LogP contribution >= 0.6 is 0 Å². The maximum absolute atomic E-state index is 12.8. The van der Waals surface area contributed by atoms with Crippen molar-refractivity contribution in [1.29, 1.82) is 0 Å². The number of nitrogens with two attached hydrogens (primary N) is 1. The number of ether oxygens (including phenoxy) is 1. The van der Waals surface area contributed by atoms with Crippen molar-refractivity contribution in [2.45, 2.75) is 264 Å². The average molecular weight is 763 g/mol. The lowest BCUT2D eigenvalue weighted by atomic mass is 10.0. The molecule has 54 heavy (non-hydrogen) atoms. The minimum atomic E-state index is -1.00. The molecule has 0 bridgehead atoms. The maximum atomic E-state index is 12.8. The van der Waals surface area contributed by atoms with Gasteiger partial charge in [-0.1, -0.05) is 174 Å². The molecule has 0 spiro atoms. The molecule has 318 valence electrons. The Bertz CT molecular complexity index is 863. The smallest absolute Gasteiger partial charge is 0.326 e. The van der Waals surface area contributed by atoms with E-state index in [2.05, 4.69) is 31.3 Å². The fraction of sp³-hybridized carbons (Fsp3) is 0.894. The van der Waals surface area contributed by atoms with E-state index in [1.807, 2.05) is 0 Å². The number of amides is 1. The van der Waals surface area contributed by atoms with E-state index in [9.17, 15) is 19.5 Å². The number of carboxylic acids is 1. The summed E-state index contributed by atoms with van der Waals surface area (Å²) in [4.78, 5) is 36.4. The highest BCUT2D eigenvalue weighted by Crippen LogP contribution is 2.19. The summed E-state index contributed by atoms with van der Waals surface area (Å²) in [7, 11) is 0. The first kappa shape index (κ1) is 52.1. The highest BCUT2D eigenvalue weighted by molar-refractivity contribution is 5.83. The Morgan fingerprint density at radius 3 is 1.33 bits per heavy atom. The van der Waals surface area contributed by atoms with Gasteiger partial charge in [-0.2, -0.15) is 0 Å². The second-order valence-corrected chi connectivity index (χ2v) is 16.2. The topological polar surface area (TPSA) is 119 Å². The van der Waals surface area contributed by atoms with Gasteiger partial charge in [0.2, 0.25) is 5.91 Å². The largest absolute Gasteiger partial charge is 0.480 e. The summed E-state index contributed by atoms with van der Waals surface area (Å²) in [6, 6.07) is -0.854. The van der Waals surface area contributed by atoms with Gasteiger partial charge in [0.15, 0.2) is 0 Å². The Labute approximate surface area is 334 Å². The minimum Gasteiger partial charge on any atom is -0.480 e. The van der Waals surface area contributed by atoms with Crippen molar-refractivity contribution in [2.24, 2.45) is 5.73 Å². The van der Waals surface area contributed by atoms with E-state index in [0.717, 1.165) is 64.2 Å². The quantitative estimate of drug-likeness (QED) is 0.0323.